The van der Waals surface area contributed by atoms with Gasteiger partial charge in [-0.1, -0.05) is 115 Å². The van der Waals surface area contributed by atoms with Gasteiger partial charge in [-0.05, 0) is 32.1 Å². The summed E-state index contributed by atoms with van der Waals surface area (Å²) in [7, 11) is 5.91. The van der Waals surface area contributed by atoms with Crippen molar-refractivity contribution in [3.8, 4) is 0 Å². The number of carboxylic acids is 1. The first kappa shape index (κ1) is 35.6. The van der Waals surface area contributed by atoms with E-state index in [4.69, 9.17) is 9.84 Å². The van der Waals surface area contributed by atoms with Crippen LogP contribution in [0.25, 0.3) is 0 Å². The average molecular weight is 525 g/mol. The molecule has 0 aliphatic carbocycles. The minimum atomic E-state index is -0.925. The molecule has 218 valence electrons. The second-order valence-corrected chi connectivity index (χ2v) is 12.0. The summed E-state index contributed by atoms with van der Waals surface area (Å²) in [5, 5.41) is 9.05. The number of esters is 1. The van der Waals surface area contributed by atoms with Crippen molar-refractivity contribution in [2.45, 2.75) is 154 Å². The Kier molecular flexibility index (Phi) is 24.0. The molecule has 0 aromatic heterocycles. The summed E-state index contributed by atoms with van der Waals surface area (Å²) in [5.41, 5.74) is 0. The molecule has 0 heterocycles. The second kappa shape index (κ2) is 24.9. The molecule has 0 saturated carbocycles. The molecule has 0 bridgehead atoms. The fraction of sp³-hybridized carbons (Fsp3) is 0.875. The molecule has 5 nitrogen and oxygen atoms in total. The van der Waals surface area contributed by atoms with Crippen LogP contribution in [0.5, 0.6) is 0 Å². The standard InChI is InChI=1S/C32H61NO4/c1-5-6-7-8-9-10-11-12-13-14-15-16-17-18-19-20-21-22-23-24-25-26-27-32(36)37-30(28-31(34)35)29-33(2,3)4/h17-18,30H,5-16,19-29H2,1-4H3/p+1/b18-17+. The van der Waals surface area contributed by atoms with Crippen molar-refractivity contribution in [3.63, 3.8) is 0 Å². The number of hydrogen-bond donors (Lipinski definition) is 1. The molecule has 0 aromatic rings. The molecule has 0 saturated heterocycles. The Morgan fingerprint density at radius 2 is 1.08 bits per heavy atom. The zero-order valence-electron chi connectivity index (χ0n) is 25.1. The highest BCUT2D eigenvalue weighted by Crippen LogP contribution is 2.14. The van der Waals surface area contributed by atoms with E-state index in [1.54, 1.807) is 0 Å². The molecule has 0 fully saturated rings. The number of aliphatic carboxylic acids is 1. The molecule has 37 heavy (non-hydrogen) atoms. The lowest BCUT2D eigenvalue weighted by molar-refractivity contribution is -0.873. The van der Waals surface area contributed by atoms with Gasteiger partial charge in [0.15, 0.2) is 6.10 Å². The first-order valence-electron chi connectivity index (χ1n) is 15.6. The van der Waals surface area contributed by atoms with Crippen molar-refractivity contribution in [2.24, 2.45) is 0 Å². The van der Waals surface area contributed by atoms with Crippen LogP contribution in [0.3, 0.4) is 0 Å². The maximum absolute atomic E-state index is 12.1. The van der Waals surface area contributed by atoms with E-state index in [9.17, 15) is 9.59 Å². The van der Waals surface area contributed by atoms with Gasteiger partial charge in [0.1, 0.15) is 6.54 Å². The fourth-order valence-corrected chi connectivity index (χ4v) is 4.77. The largest absolute Gasteiger partial charge is 0.481 e. The third-order valence-corrected chi connectivity index (χ3v) is 6.84. The van der Waals surface area contributed by atoms with Crippen molar-refractivity contribution < 1.29 is 23.9 Å². The van der Waals surface area contributed by atoms with Crippen molar-refractivity contribution >= 4 is 11.9 Å². The summed E-state index contributed by atoms with van der Waals surface area (Å²) in [6.45, 7) is 2.79. The van der Waals surface area contributed by atoms with Crippen LogP contribution in [0.1, 0.15) is 148 Å². The molecule has 0 aliphatic heterocycles. The van der Waals surface area contributed by atoms with Gasteiger partial charge in [-0.25, -0.2) is 0 Å². The van der Waals surface area contributed by atoms with E-state index in [0.717, 1.165) is 19.3 Å². The topological polar surface area (TPSA) is 63.6 Å². The molecule has 0 aliphatic rings. The number of carboxylic acid groups (broad SMARTS) is 1. The summed E-state index contributed by atoms with van der Waals surface area (Å²) in [6.07, 6.45) is 30.5. The third-order valence-electron chi connectivity index (χ3n) is 6.84. The van der Waals surface area contributed by atoms with Crippen LogP contribution < -0.4 is 0 Å². The molecular formula is C32H62NO4+. The van der Waals surface area contributed by atoms with Crippen LogP contribution in [-0.2, 0) is 14.3 Å². The van der Waals surface area contributed by atoms with Crippen LogP contribution in [0.2, 0.25) is 0 Å². The highest BCUT2D eigenvalue weighted by atomic mass is 16.5. The number of allylic oxidation sites excluding steroid dienone is 2. The number of rotatable bonds is 27. The van der Waals surface area contributed by atoms with Crippen LogP contribution in [0.15, 0.2) is 12.2 Å². The van der Waals surface area contributed by atoms with E-state index in [1.165, 1.54) is 109 Å². The lowest BCUT2D eigenvalue weighted by Crippen LogP contribution is -2.43. The number of quaternary nitrogens is 1. The fourth-order valence-electron chi connectivity index (χ4n) is 4.77. The Balaban J connectivity index is 3.47. The predicted octanol–water partition coefficient (Wildman–Crippen LogP) is 8.85. The number of carbonyl (C=O) groups is 2. The molecule has 0 aromatic carbocycles. The Morgan fingerprint density at radius 3 is 1.49 bits per heavy atom. The second-order valence-electron chi connectivity index (χ2n) is 12.0. The maximum Gasteiger partial charge on any atom is 0.307 e. The lowest BCUT2D eigenvalue weighted by Gasteiger charge is -2.28. The van der Waals surface area contributed by atoms with Gasteiger partial charge >= 0.3 is 11.9 Å². The Labute approximate surface area is 230 Å². The molecule has 0 spiro atoms. The van der Waals surface area contributed by atoms with Gasteiger partial charge < -0.3 is 14.3 Å². The molecule has 1 N–H and O–H groups in total. The minimum Gasteiger partial charge on any atom is -0.481 e. The monoisotopic (exact) mass is 524 g/mol. The quantitative estimate of drug-likeness (QED) is 0.0504. The number of hydrogen-bond acceptors (Lipinski definition) is 3. The summed E-state index contributed by atoms with van der Waals surface area (Å²) in [4.78, 5) is 23.1. The van der Waals surface area contributed by atoms with Gasteiger partial charge in [-0.3, -0.25) is 9.59 Å². The summed E-state index contributed by atoms with van der Waals surface area (Å²) >= 11 is 0. The molecule has 1 atom stereocenters. The van der Waals surface area contributed by atoms with Gasteiger partial charge in [0.05, 0.1) is 27.6 Å². The van der Waals surface area contributed by atoms with E-state index in [2.05, 4.69) is 19.1 Å². The van der Waals surface area contributed by atoms with Crippen molar-refractivity contribution in [2.75, 3.05) is 27.7 Å². The highest BCUT2D eigenvalue weighted by molar-refractivity contribution is 5.71. The maximum atomic E-state index is 12.1. The number of unbranched alkanes of at least 4 members (excludes halogenated alkanes) is 18. The Morgan fingerprint density at radius 1 is 0.676 bits per heavy atom. The number of ether oxygens (including phenoxy) is 1. The van der Waals surface area contributed by atoms with Crippen molar-refractivity contribution in [1.82, 2.24) is 0 Å². The van der Waals surface area contributed by atoms with E-state index in [0.29, 0.717) is 17.4 Å². The summed E-state index contributed by atoms with van der Waals surface area (Å²) < 4.78 is 6.01. The Bertz CT molecular complexity index is 568. The smallest absolute Gasteiger partial charge is 0.307 e. The van der Waals surface area contributed by atoms with E-state index in [1.807, 2.05) is 21.1 Å². The first-order valence-corrected chi connectivity index (χ1v) is 15.6. The van der Waals surface area contributed by atoms with Gasteiger partial charge in [0, 0.05) is 6.42 Å². The number of carbonyl (C=O) groups excluding carboxylic acids is 1. The minimum absolute atomic E-state index is 0.129. The predicted molar refractivity (Wildman–Crippen MR) is 157 cm³/mol. The number of nitrogens with zero attached hydrogens (tertiary/aromatic N) is 1. The van der Waals surface area contributed by atoms with Crippen LogP contribution >= 0.6 is 0 Å². The van der Waals surface area contributed by atoms with Gasteiger partial charge in [0.2, 0.25) is 0 Å². The molecule has 0 amide bonds. The first-order chi connectivity index (χ1) is 17.7. The highest BCUT2D eigenvalue weighted by Gasteiger charge is 2.24. The third kappa shape index (κ3) is 29.1. The van der Waals surface area contributed by atoms with Gasteiger partial charge in [-0.2, -0.15) is 0 Å². The van der Waals surface area contributed by atoms with Crippen LogP contribution in [0.4, 0.5) is 0 Å². The van der Waals surface area contributed by atoms with Crippen molar-refractivity contribution in [3.05, 3.63) is 12.2 Å². The van der Waals surface area contributed by atoms with E-state index in [-0.39, 0.29) is 12.4 Å². The summed E-state index contributed by atoms with van der Waals surface area (Å²) in [6, 6.07) is 0. The molecule has 0 radical (unpaired) electrons. The van der Waals surface area contributed by atoms with Gasteiger partial charge in [-0.15, -0.1) is 0 Å². The molecule has 0 rings (SSSR count). The molecule has 1 unspecified atom stereocenters. The SMILES string of the molecule is CCCCCCCCCCCCC/C=C/CCCCCCCCCC(=O)OC(CC(=O)O)C[N+](C)(C)C. The normalized spacial score (nSPS) is 12.8. The zero-order valence-corrected chi connectivity index (χ0v) is 25.1. The van der Waals surface area contributed by atoms with E-state index >= 15 is 0 Å². The summed E-state index contributed by atoms with van der Waals surface area (Å²) in [5.74, 6) is -1.19. The van der Waals surface area contributed by atoms with Crippen molar-refractivity contribution in [1.29, 1.82) is 0 Å². The number of likely N-dealkylation sites (N-methyl/N-ethyl adjacent to an activating group) is 1. The lowest BCUT2D eigenvalue weighted by atomic mass is 10.0. The van der Waals surface area contributed by atoms with Gasteiger partial charge in [0.25, 0.3) is 0 Å². The van der Waals surface area contributed by atoms with Crippen LogP contribution in [0, 0.1) is 0 Å². The average Bonchev–Trinajstić information content (AvgIpc) is 2.80. The Hall–Kier alpha value is -1.36. The molecule has 5 heteroatoms. The zero-order chi connectivity index (χ0) is 27.6. The van der Waals surface area contributed by atoms with Crippen LogP contribution in [-0.4, -0.2) is 55.3 Å². The van der Waals surface area contributed by atoms with E-state index < -0.39 is 12.1 Å². The molecular weight excluding hydrogens is 462 g/mol.